The molecule has 7 heteroatoms. The number of amides is 3. The lowest BCUT2D eigenvalue weighted by molar-refractivity contribution is 0.0378. The number of hydrogen-bond donors (Lipinski definition) is 1. The maximum absolute atomic E-state index is 13.2. The molecule has 3 aliphatic heterocycles. The number of benzene rings is 2. The zero-order valence-corrected chi connectivity index (χ0v) is 19.2. The predicted octanol–water partition coefficient (Wildman–Crippen LogP) is 5.23. The van der Waals surface area contributed by atoms with Gasteiger partial charge in [0.2, 0.25) is 0 Å². The van der Waals surface area contributed by atoms with Crippen molar-refractivity contribution in [1.82, 2.24) is 10.2 Å². The summed E-state index contributed by atoms with van der Waals surface area (Å²) >= 11 is 3.50. The molecular formula is C24H26BrN3O3. The lowest BCUT2D eigenvalue weighted by Crippen LogP contribution is -2.65. The Bertz CT molecular complexity index is 1030. The zero-order valence-electron chi connectivity index (χ0n) is 17.6. The van der Waals surface area contributed by atoms with Gasteiger partial charge in [0.15, 0.2) is 5.72 Å². The van der Waals surface area contributed by atoms with Crippen LogP contribution in [0.5, 0.6) is 5.75 Å². The lowest BCUT2D eigenvalue weighted by atomic mass is 9.90. The van der Waals surface area contributed by atoms with Crippen LogP contribution in [0.2, 0.25) is 0 Å². The molecule has 0 unspecified atom stereocenters. The van der Waals surface area contributed by atoms with E-state index < -0.39 is 5.72 Å². The van der Waals surface area contributed by atoms with E-state index in [1.807, 2.05) is 54.3 Å². The molecule has 3 aliphatic rings. The molecule has 0 aliphatic carbocycles. The standard InChI is InChI=1S/C24H26BrN3O3/c1-24-15-20(19-14-17(25)9-10-21(19)31-24)26-23(30)28(24)18-8-6-7-16(13-18)22(29)27-11-4-2-3-5-12-27/h6-10,13-14,20H,2-5,11-12,15H2,1H3,(H,26,30)/t20-,24-/m1/s1. The third kappa shape index (κ3) is 3.69. The molecule has 2 saturated heterocycles. The van der Waals surface area contributed by atoms with E-state index in [-0.39, 0.29) is 18.0 Å². The first-order chi connectivity index (χ1) is 14.9. The Morgan fingerprint density at radius 3 is 2.68 bits per heavy atom. The van der Waals surface area contributed by atoms with E-state index in [0.29, 0.717) is 17.7 Å². The van der Waals surface area contributed by atoms with Crippen LogP contribution >= 0.6 is 15.9 Å². The summed E-state index contributed by atoms with van der Waals surface area (Å²) in [5, 5.41) is 3.12. The van der Waals surface area contributed by atoms with Gasteiger partial charge in [0.05, 0.1) is 11.7 Å². The van der Waals surface area contributed by atoms with Gasteiger partial charge in [0, 0.05) is 35.1 Å². The normalized spacial score (nSPS) is 25.2. The molecule has 2 aromatic carbocycles. The number of ether oxygens (including phenoxy) is 1. The molecule has 0 aromatic heterocycles. The van der Waals surface area contributed by atoms with Gasteiger partial charge in [0.25, 0.3) is 5.91 Å². The Morgan fingerprint density at radius 1 is 1.13 bits per heavy atom. The molecule has 2 bridgehead atoms. The van der Waals surface area contributed by atoms with E-state index >= 15 is 0 Å². The van der Waals surface area contributed by atoms with Crippen LogP contribution < -0.4 is 15.0 Å². The quantitative estimate of drug-likeness (QED) is 0.635. The predicted molar refractivity (Wildman–Crippen MR) is 122 cm³/mol. The maximum Gasteiger partial charge on any atom is 0.325 e. The number of likely N-dealkylation sites (tertiary alicyclic amines) is 1. The number of anilines is 1. The summed E-state index contributed by atoms with van der Waals surface area (Å²) in [6.07, 6.45) is 5.05. The molecule has 0 radical (unpaired) electrons. The Balaban J connectivity index is 1.46. The first kappa shape index (κ1) is 20.4. The Kier molecular flexibility index (Phi) is 5.16. The number of hydrogen-bond acceptors (Lipinski definition) is 3. The van der Waals surface area contributed by atoms with Crippen molar-refractivity contribution in [2.45, 2.75) is 50.8 Å². The van der Waals surface area contributed by atoms with Crippen molar-refractivity contribution >= 4 is 33.6 Å². The third-order valence-electron chi connectivity index (χ3n) is 6.48. The molecule has 2 fully saturated rings. The molecule has 6 nitrogen and oxygen atoms in total. The molecule has 1 N–H and O–H groups in total. The van der Waals surface area contributed by atoms with E-state index in [1.165, 1.54) is 12.8 Å². The van der Waals surface area contributed by atoms with Crippen LogP contribution in [0.3, 0.4) is 0 Å². The third-order valence-corrected chi connectivity index (χ3v) is 6.97. The van der Waals surface area contributed by atoms with Gasteiger partial charge < -0.3 is 15.0 Å². The summed E-state index contributed by atoms with van der Waals surface area (Å²) < 4.78 is 7.32. The Morgan fingerprint density at radius 2 is 1.90 bits per heavy atom. The minimum Gasteiger partial charge on any atom is -0.467 e. The highest BCUT2D eigenvalue weighted by Crippen LogP contribution is 2.46. The fraction of sp³-hybridized carbons (Fsp3) is 0.417. The van der Waals surface area contributed by atoms with Crippen molar-refractivity contribution in [3.05, 3.63) is 58.1 Å². The number of rotatable bonds is 2. The molecule has 31 heavy (non-hydrogen) atoms. The van der Waals surface area contributed by atoms with Crippen LogP contribution in [0.4, 0.5) is 10.5 Å². The fourth-order valence-electron chi connectivity index (χ4n) is 4.97. The van der Waals surface area contributed by atoms with E-state index in [0.717, 1.165) is 41.7 Å². The van der Waals surface area contributed by atoms with Gasteiger partial charge in [0.1, 0.15) is 5.75 Å². The van der Waals surface area contributed by atoms with Gasteiger partial charge in [-0.05, 0) is 56.2 Å². The average molecular weight is 484 g/mol. The zero-order chi connectivity index (χ0) is 21.6. The highest BCUT2D eigenvalue weighted by Gasteiger charge is 2.50. The minimum atomic E-state index is -0.835. The highest BCUT2D eigenvalue weighted by molar-refractivity contribution is 9.10. The van der Waals surface area contributed by atoms with Crippen molar-refractivity contribution in [3.63, 3.8) is 0 Å². The van der Waals surface area contributed by atoms with Crippen LogP contribution in [0.25, 0.3) is 0 Å². The molecule has 2 aromatic rings. The molecule has 3 amide bonds. The van der Waals surface area contributed by atoms with Gasteiger partial charge >= 0.3 is 6.03 Å². The van der Waals surface area contributed by atoms with Crippen LogP contribution in [-0.4, -0.2) is 35.7 Å². The Hall–Kier alpha value is -2.54. The second-order valence-corrected chi connectivity index (χ2v) is 9.67. The molecule has 5 rings (SSSR count). The molecule has 2 atom stereocenters. The monoisotopic (exact) mass is 483 g/mol. The van der Waals surface area contributed by atoms with Crippen LogP contribution in [0.1, 0.15) is 61.0 Å². The number of urea groups is 1. The second kappa shape index (κ2) is 7.86. The van der Waals surface area contributed by atoms with Crippen molar-refractivity contribution in [2.75, 3.05) is 18.0 Å². The average Bonchev–Trinajstić information content (AvgIpc) is 3.03. The fourth-order valence-corrected chi connectivity index (χ4v) is 5.35. The van der Waals surface area contributed by atoms with Crippen LogP contribution in [0, 0.1) is 0 Å². The number of nitrogens with one attached hydrogen (secondary N) is 1. The molecule has 3 heterocycles. The summed E-state index contributed by atoms with van der Waals surface area (Å²) in [5.74, 6) is 0.799. The van der Waals surface area contributed by atoms with Crippen molar-refractivity contribution in [1.29, 1.82) is 0 Å². The van der Waals surface area contributed by atoms with E-state index in [4.69, 9.17) is 4.74 Å². The van der Waals surface area contributed by atoms with E-state index in [2.05, 4.69) is 21.2 Å². The highest BCUT2D eigenvalue weighted by atomic mass is 79.9. The van der Waals surface area contributed by atoms with Gasteiger partial charge in [-0.2, -0.15) is 0 Å². The summed E-state index contributed by atoms with van der Waals surface area (Å²) in [4.78, 5) is 29.9. The number of halogens is 1. The first-order valence-electron chi connectivity index (χ1n) is 10.9. The summed E-state index contributed by atoms with van der Waals surface area (Å²) in [6.45, 7) is 3.53. The molecular weight excluding hydrogens is 458 g/mol. The van der Waals surface area contributed by atoms with Gasteiger partial charge in [-0.15, -0.1) is 0 Å². The number of carbonyl (C=O) groups is 2. The summed E-state index contributed by atoms with van der Waals surface area (Å²) in [5.41, 5.74) is 1.42. The van der Waals surface area contributed by atoms with Gasteiger partial charge in [-0.3, -0.25) is 9.69 Å². The van der Waals surface area contributed by atoms with Gasteiger partial charge in [-0.25, -0.2) is 4.79 Å². The maximum atomic E-state index is 13.2. The van der Waals surface area contributed by atoms with Crippen molar-refractivity contribution in [3.8, 4) is 5.75 Å². The molecule has 0 spiro atoms. The molecule has 0 saturated carbocycles. The lowest BCUT2D eigenvalue weighted by Gasteiger charge is -2.50. The van der Waals surface area contributed by atoms with Crippen molar-refractivity contribution < 1.29 is 14.3 Å². The Labute approximate surface area is 190 Å². The van der Waals surface area contributed by atoms with Crippen LogP contribution in [-0.2, 0) is 0 Å². The summed E-state index contributed by atoms with van der Waals surface area (Å²) in [7, 11) is 0. The molecule has 162 valence electrons. The van der Waals surface area contributed by atoms with E-state index in [1.54, 1.807) is 4.90 Å². The smallest absolute Gasteiger partial charge is 0.325 e. The van der Waals surface area contributed by atoms with E-state index in [9.17, 15) is 9.59 Å². The number of nitrogens with zero attached hydrogens (tertiary/aromatic N) is 2. The first-order valence-corrected chi connectivity index (χ1v) is 11.7. The topological polar surface area (TPSA) is 61.9 Å². The number of carbonyl (C=O) groups excluding carboxylic acids is 2. The summed E-state index contributed by atoms with van der Waals surface area (Å²) in [6, 6.07) is 12.9. The van der Waals surface area contributed by atoms with Crippen molar-refractivity contribution in [2.24, 2.45) is 0 Å². The largest absolute Gasteiger partial charge is 0.467 e. The second-order valence-electron chi connectivity index (χ2n) is 8.76. The van der Waals surface area contributed by atoms with Gasteiger partial charge in [-0.1, -0.05) is 34.8 Å². The SMILES string of the molecule is C[C@@]12C[C@@H](NC(=O)N1c1cccc(C(=O)N3CCCCCC3)c1)c1cc(Br)ccc1O2. The van der Waals surface area contributed by atoms with Crippen LogP contribution in [0.15, 0.2) is 46.9 Å². The number of fused-ring (bicyclic) bond motifs is 4. The minimum absolute atomic E-state index is 0.0314.